The highest BCUT2D eigenvalue weighted by atomic mass is 16.5. The first-order valence-corrected chi connectivity index (χ1v) is 7.81. The summed E-state index contributed by atoms with van der Waals surface area (Å²) in [6.07, 6.45) is 0.727. The standard InChI is InChI=1S/C17H21N3O5/c1-12(21)19-13-4-6-14(7-5-13)24-11-15-10-16(20-25-15)17(22)18-8-3-9-23-2/h4-7,10H,3,8-9,11H2,1-2H3,(H,18,22)(H,19,21). The first kappa shape index (κ1) is 18.5. The van der Waals surface area contributed by atoms with Crippen molar-refractivity contribution in [1.29, 1.82) is 0 Å². The number of anilines is 1. The fourth-order valence-corrected chi connectivity index (χ4v) is 1.99. The van der Waals surface area contributed by atoms with Gasteiger partial charge >= 0.3 is 0 Å². The van der Waals surface area contributed by atoms with Crippen LogP contribution in [-0.2, 0) is 16.1 Å². The summed E-state index contributed by atoms with van der Waals surface area (Å²) in [6.45, 7) is 2.67. The van der Waals surface area contributed by atoms with E-state index in [1.54, 1.807) is 31.4 Å². The molecule has 8 nitrogen and oxygen atoms in total. The van der Waals surface area contributed by atoms with Crippen molar-refractivity contribution in [3.63, 3.8) is 0 Å². The molecule has 0 unspecified atom stereocenters. The van der Waals surface area contributed by atoms with Crippen LogP contribution in [0, 0.1) is 0 Å². The lowest BCUT2D eigenvalue weighted by Gasteiger charge is -2.05. The van der Waals surface area contributed by atoms with Crippen molar-refractivity contribution < 1.29 is 23.6 Å². The van der Waals surface area contributed by atoms with Gasteiger partial charge in [0, 0.05) is 38.9 Å². The van der Waals surface area contributed by atoms with Gasteiger partial charge in [-0.1, -0.05) is 5.16 Å². The van der Waals surface area contributed by atoms with Crippen LogP contribution >= 0.6 is 0 Å². The van der Waals surface area contributed by atoms with E-state index >= 15 is 0 Å². The molecule has 0 bridgehead atoms. The van der Waals surface area contributed by atoms with E-state index in [9.17, 15) is 9.59 Å². The quantitative estimate of drug-likeness (QED) is 0.673. The molecule has 0 radical (unpaired) electrons. The normalized spacial score (nSPS) is 10.3. The van der Waals surface area contributed by atoms with Gasteiger partial charge in [-0.3, -0.25) is 9.59 Å². The SMILES string of the molecule is COCCCNC(=O)c1cc(COc2ccc(NC(C)=O)cc2)on1. The van der Waals surface area contributed by atoms with E-state index in [2.05, 4.69) is 15.8 Å². The Hall–Kier alpha value is -2.87. The molecule has 0 aliphatic carbocycles. The van der Waals surface area contributed by atoms with E-state index in [0.717, 1.165) is 6.42 Å². The molecule has 0 saturated carbocycles. The molecule has 2 N–H and O–H groups in total. The first-order valence-electron chi connectivity index (χ1n) is 7.81. The molecule has 8 heteroatoms. The second kappa shape index (κ2) is 9.43. The molecular formula is C17H21N3O5. The van der Waals surface area contributed by atoms with E-state index in [1.165, 1.54) is 13.0 Å². The Balaban J connectivity index is 1.80. The first-order chi connectivity index (χ1) is 12.1. The maximum absolute atomic E-state index is 11.9. The number of carbonyl (C=O) groups excluding carboxylic acids is 2. The molecule has 2 aromatic rings. The highest BCUT2D eigenvalue weighted by molar-refractivity contribution is 5.92. The molecule has 1 heterocycles. The third kappa shape index (κ3) is 6.27. The number of hydrogen-bond donors (Lipinski definition) is 2. The average Bonchev–Trinajstić information content (AvgIpc) is 3.06. The van der Waals surface area contributed by atoms with Crippen LogP contribution in [-0.4, -0.2) is 37.2 Å². The Morgan fingerprint density at radius 1 is 1.24 bits per heavy atom. The second-order valence-electron chi connectivity index (χ2n) is 5.27. The van der Waals surface area contributed by atoms with Gasteiger partial charge in [0.2, 0.25) is 5.91 Å². The zero-order valence-electron chi connectivity index (χ0n) is 14.2. The minimum Gasteiger partial charge on any atom is -0.486 e. The van der Waals surface area contributed by atoms with Crippen molar-refractivity contribution >= 4 is 17.5 Å². The zero-order valence-corrected chi connectivity index (χ0v) is 14.2. The van der Waals surface area contributed by atoms with Crippen LogP contribution in [0.5, 0.6) is 5.75 Å². The summed E-state index contributed by atoms with van der Waals surface area (Å²) in [5.74, 6) is 0.609. The number of rotatable bonds is 9. The molecule has 0 aliphatic rings. The molecule has 1 aromatic heterocycles. The van der Waals surface area contributed by atoms with Crippen LogP contribution in [0.15, 0.2) is 34.9 Å². The fourth-order valence-electron chi connectivity index (χ4n) is 1.99. The number of ether oxygens (including phenoxy) is 2. The van der Waals surface area contributed by atoms with Gasteiger partial charge in [0.05, 0.1) is 0 Å². The highest BCUT2D eigenvalue weighted by Gasteiger charge is 2.12. The van der Waals surface area contributed by atoms with Gasteiger partial charge in [0.1, 0.15) is 12.4 Å². The molecule has 2 rings (SSSR count). The van der Waals surface area contributed by atoms with Crippen LogP contribution < -0.4 is 15.4 Å². The van der Waals surface area contributed by atoms with Gasteiger partial charge in [0.15, 0.2) is 11.5 Å². The Bertz CT molecular complexity index is 697. The number of hydrogen-bond acceptors (Lipinski definition) is 6. The molecule has 0 aliphatic heterocycles. The van der Waals surface area contributed by atoms with Gasteiger partial charge in [-0.05, 0) is 30.7 Å². The topological polar surface area (TPSA) is 103 Å². The van der Waals surface area contributed by atoms with Gasteiger partial charge in [-0.15, -0.1) is 0 Å². The largest absolute Gasteiger partial charge is 0.486 e. The smallest absolute Gasteiger partial charge is 0.273 e. The molecule has 1 aromatic carbocycles. The highest BCUT2D eigenvalue weighted by Crippen LogP contribution is 2.17. The number of nitrogens with one attached hydrogen (secondary N) is 2. The fraction of sp³-hybridized carbons (Fsp3) is 0.353. The van der Waals surface area contributed by atoms with Crippen LogP contribution in [0.25, 0.3) is 0 Å². The third-order valence-electron chi connectivity index (χ3n) is 3.16. The van der Waals surface area contributed by atoms with Crippen molar-refractivity contribution in [2.45, 2.75) is 20.0 Å². The lowest BCUT2D eigenvalue weighted by molar-refractivity contribution is -0.114. The minimum absolute atomic E-state index is 0.136. The zero-order chi connectivity index (χ0) is 18.1. The van der Waals surface area contributed by atoms with Crippen LogP contribution in [0.2, 0.25) is 0 Å². The van der Waals surface area contributed by atoms with E-state index in [4.69, 9.17) is 14.0 Å². The predicted octanol–water partition coefficient (Wildman–Crippen LogP) is 1.98. The van der Waals surface area contributed by atoms with Crippen molar-refractivity contribution in [3.05, 3.63) is 41.8 Å². The second-order valence-corrected chi connectivity index (χ2v) is 5.27. The molecule has 25 heavy (non-hydrogen) atoms. The molecule has 134 valence electrons. The molecule has 0 fully saturated rings. The van der Waals surface area contributed by atoms with Gasteiger partial charge in [-0.2, -0.15) is 0 Å². The Kier molecular flexibility index (Phi) is 6.97. The summed E-state index contributed by atoms with van der Waals surface area (Å²) in [5, 5.41) is 9.13. The number of aromatic nitrogens is 1. The summed E-state index contributed by atoms with van der Waals surface area (Å²) in [7, 11) is 1.61. The monoisotopic (exact) mass is 347 g/mol. The maximum atomic E-state index is 11.9. The summed E-state index contributed by atoms with van der Waals surface area (Å²) >= 11 is 0. The summed E-state index contributed by atoms with van der Waals surface area (Å²) in [6, 6.07) is 8.46. The average molecular weight is 347 g/mol. The maximum Gasteiger partial charge on any atom is 0.273 e. The number of carbonyl (C=O) groups is 2. The van der Waals surface area contributed by atoms with Gasteiger partial charge in [-0.25, -0.2) is 0 Å². The van der Waals surface area contributed by atoms with Gasteiger partial charge < -0.3 is 24.6 Å². The van der Waals surface area contributed by atoms with E-state index in [1.807, 2.05) is 0 Å². The summed E-state index contributed by atoms with van der Waals surface area (Å²) in [4.78, 5) is 22.8. The van der Waals surface area contributed by atoms with Crippen LogP contribution in [0.3, 0.4) is 0 Å². The van der Waals surface area contributed by atoms with Crippen molar-refractivity contribution in [3.8, 4) is 5.75 Å². The molecule has 0 spiro atoms. The lowest BCUT2D eigenvalue weighted by Crippen LogP contribution is -2.25. The number of methoxy groups -OCH3 is 1. The predicted molar refractivity (Wildman–Crippen MR) is 90.4 cm³/mol. The molecule has 0 atom stereocenters. The minimum atomic E-state index is -0.300. The van der Waals surface area contributed by atoms with Crippen molar-refractivity contribution in [2.75, 3.05) is 25.6 Å². The summed E-state index contributed by atoms with van der Waals surface area (Å²) in [5.41, 5.74) is 0.893. The lowest BCUT2D eigenvalue weighted by atomic mass is 10.3. The van der Waals surface area contributed by atoms with Crippen LogP contribution in [0.1, 0.15) is 29.6 Å². The third-order valence-corrected chi connectivity index (χ3v) is 3.16. The Morgan fingerprint density at radius 3 is 2.68 bits per heavy atom. The molecule has 2 amide bonds. The Morgan fingerprint density at radius 2 is 2.00 bits per heavy atom. The van der Waals surface area contributed by atoms with Crippen molar-refractivity contribution in [2.24, 2.45) is 0 Å². The van der Waals surface area contributed by atoms with Gasteiger partial charge in [0.25, 0.3) is 5.91 Å². The van der Waals surface area contributed by atoms with E-state index < -0.39 is 0 Å². The Labute approximate surface area is 145 Å². The summed E-state index contributed by atoms with van der Waals surface area (Å²) < 4.78 is 15.6. The van der Waals surface area contributed by atoms with E-state index in [0.29, 0.717) is 30.3 Å². The molecule has 0 saturated heterocycles. The van der Waals surface area contributed by atoms with Crippen molar-refractivity contribution in [1.82, 2.24) is 10.5 Å². The number of nitrogens with zero attached hydrogens (tertiary/aromatic N) is 1. The number of amides is 2. The van der Waals surface area contributed by atoms with E-state index in [-0.39, 0.29) is 24.1 Å². The van der Waals surface area contributed by atoms with Crippen LogP contribution in [0.4, 0.5) is 5.69 Å². The number of benzene rings is 1. The molecular weight excluding hydrogens is 326 g/mol.